The Morgan fingerprint density at radius 1 is 0.655 bits per heavy atom. The summed E-state index contributed by atoms with van der Waals surface area (Å²) >= 11 is 12.2. The molecule has 0 atom stereocenters. The number of Topliss-reactive ketones (excluding diaryl/α,β-unsaturated/α-hetero) is 2. The van der Waals surface area contributed by atoms with E-state index >= 15 is 0 Å². The van der Waals surface area contributed by atoms with Crippen LogP contribution in [-0.2, 0) is 13.1 Å². The van der Waals surface area contributed by atoms with Crippen LogP contribution in [0.4, 0.5) is 11.6 Å². The standard InChI is InChI=1S/C40H31Cl2N11O5/c41-27-15-11-25(12-16-27)33(55)23-50-31-9-3-1-7-29(31)44-37(50)35-39(48-57-46-35)52(20-5-19-43)53(21-6-22-54)40-36(47-58-49-40)38-45-30-8-2-4-10-32(30)51(38)24-34(56)26-13-17-28(42)18-14-26/h1-4,7-18,54H,5-6,20-24H2. The van der Waals surface area contributed by atoms with Crippen LogP contribution in [0.15, 0.2) is 106 Å². The Morgan fingerprint density at radius 2 is 1.10 bits per heavy atom. The van der Waals surface area contributed by atoms with Crippen molar-refractivity contribution in [3.63, 3.8) is 0 Å². The highest BCUT2D eigenvalue weighted by Gasteiger charge is 2.33. The number of aliphatic hydroxyl groups is 1. The fraction of sp³-hybridized carbons (Fsp3) is 0.175. The van der Waals surface area contributed by atoms with Crippen molar-refractivity contribution in [2.75, 3.05) is 29.7 Å². The normalized spacial score (nSPS) is 11.3. The molecule has 0 bridgehead atoms. The molecule has 16 nitrogen and oxygen atoms in total. The number of hydrogen-bond acceptors (Lipinski definition) is 14. The predicted octanol–water partition coefficient (Wildman–Crippen LogP) is 7.08. The Bertz CT molecular complexity index is 2790. The number of carbonyl (C=O) groups excluding carboxylic acids is 2. The second-order valence-corrected chi connectivity index (χ2v) is 13.9. The van der Waals surface area contributed by atoms with Crippen LogP contribution in [0.5, 0.6) is 0 Å². The number of para-hydroxylation sites is 4. The Hall–Kier alpha value is -6.93. The van der Waals surface area contributed by atoms with Crippen molar-refractivity contribution >= 4 is 68.5 Å². The summed E-state index contributed by atoms with van der Waals surface area (Å²) in [5.41, 5.74) is 3.72. The molecule has 0 aliphatic heterocycles. The number of aromatic nitrogens is 8. The fourth-order valence-electron chi connectivity index (χ4n) is 6.62. The molecule has 1 N–H and O–H groups in total. The number of hydrazine groups is 1. The van der Waals surface area contributed by atoms with Gasteiger partial charge >= 0.3 is 0 Å². The van der Waals surface area contributed by atoms with E-state index in [4.69, 9.17) is 42.4 Å². The van der Waals surface area contributed by atoms with Gasteiger partial charge in [-0.05, 0) is 99.8 Å². The van der Waals surface area contributed by atoms with Crippen LogP contribution in [0.3, 0.4) is 0 Å². The number of nitrogens with zero attached hydrogens (tertiary/aromatic N) is 11. The Morgan fingerprint density at radius 3 is 1.55 bits per heavy atom. The zero-order chi connectivity index (χ0) is 40.2. The number of carbonyl (C=O) groups is 2. The lowest BCUT2D eigenvalue weighted by Crippen LogP contribution is -2.45. The summed E-state index contributed by atoms with van der Waals surface area (Å²) in [6.07, 6.45) is 0.234. The molecule has 0 saturated heterocycles. The topological polar surface area (TPSA) is 198 Å². The maximum absolute atomic E-state index is 13.7. The van der Waals surface area contributed by atoms with Crippen molar-refractivity contribution in [2.45, 2.75) is 25.9 Å². The molecule has 8 aromatic rings. The largest absolute Gasteiger partial charge is 0.396 e. The molecule has 58 heavy (non-hydrogen) atoms. The van der Waals surface area contributed by atoms with Crippen LogP contribution >= 0.6 is 23.2 Å². The van der Waals surface area contributed by atoms with Gasteiger partial charge in [0.2, 0.25) is 11.6 Å². The van der Waals surface area contributed by atoms with Crippen molar-refractivity contribution in [2.24, 2.45) is 0 Å². The monoisotopic (exact) mass is 815 g/mol. The molecule has 0 spiro atoms. The van der Waals surface area contributed by atoms with E-state index in [0.29, 0.717) is 43.2 Å². The van der Waals surface area contributed by atoms with Gasteiger partial charge in [0.15, 0.2) is 34.6 Å². The van der Waals surface area contributed by atoms with Crippen molar-refractivity contribution in [1.29, 1.82) is 5.26 Å². The van der Waals surface area contributed by atoms with E-state index < -0.39 is 0 Å². The fourth-order valence-corrected chi connectivity index (χ4v) is 6.87. The number of rotatable bonds is 16. The first kappa shape index (κ1) is 38.0. The van der Waals surface area contributed by atoms with Crippen LogP contribution in [0.1, 0.15) is 33.6 Å². The lowest BCUT2D eigenvalue weighted by atomic mass is 10.1. The summed E-state index contributed by atoms with van der Waals surface area (Å²) < 4.78 is 14.2. The molecule has 0 saturated carbocycles. The summed E-state index contributed by atoms with van der Waals surface area (Å²) in [7, 11) is 0. The third kappa shape index (κ3) is 7.49. The van der Waals surface area contributed by atoms with Crippen LogP contribution in [0.2, 0.25) is 10.0 Å². The molecule has 290 valence electrons. The summed E-state index contributed by atoms with van der Waals surface area (Å²) in [6.45, 7) is -0.279. The Kier molecular flexibility index (Phi) is 10.9. The summed E-state index contributed by atoms with van der Waals surface area (Å²) in [6, 6.07) is 30.0. The zero-order valence-electron chi connectivity index (χ0n) is 30.4. The van der Waals surface area contributed by atoms with Crippen molar-refractivity contribution in [3.8, 4) is 29.1 Å². The van der Waals surface area contributed by atoms with Gasteiger partial charge in [-0.1, -0.05) is 47.5 Å². The molecular weight excluding hydrogens is 785 g/mol. The highest BCUT2D eigenvalue weighted by molar-refractivity contribution is 6.31. The molecule has 0 amide bonds. The van der Waals surface area contributed by atoms with E-state index in [2.05, 4.69) is 26.7 Å². The van der Waals surface area contributed by atoms with Crippen molar-refractivity contribution in [1.82, 2.24) is 39.7 Å². The maximum Gasteiger partial charge on any atom is 0.223 e. The number of anilines is 2. The number of ketones is 2. The first-order valence-electron chi connectivity index (χ1n) is 18.0. The molecule has 0 fully saturated rings. The molecule has 18 heteroatoms. The molecular formula is C40H31Cl2N11O5. The first-order valence-corrected chi connectivity index (χ1v) is 18.8. The second-order valence-electron chi connectivity index (χ2n) is 13.0. The smallest absolute Gasteiger partial charge is 0.223 e. The average molecular weight is 817 g/mol. The maximum atomic E-state index is 13.7. The van der Waals surface area contributed by atoms with E-state index in [9.17, 15) is 20.0 Å². The van der Waals surface area contributed by atoms with E-state index in [0.717, 1.165) is 0 Å². The molecule has 4 aromatic heterocycles. The lowest BCUT2D eigenvalue weighted by Gasteiger charge is -2.34. The molecule has 0 aliphatic rings. The second kappa shape index (κ2) is 16.7. The number of fused-ring (bicyclic) bond motifs is 2. The minimum Gasteiger partial charge on any atom is -0.396 e. The number of benzene rings is 4. The third-order valence-corrected chi connectivity index (χ3v) is 9.86. The lowest BCUT2D eigenvalue weighted by molar-refractivity contribution is 0.0966. The van der Waals surface area contributed by atoms with Gasteiger partial charge in [-0.2, -0.15) is 5.26 Å². The van der Waals surface area contributed by atoms with Crippen LogP contribution in [0.25, 0.3) is 45.1 Å². The summed E-state index contributed by atoms with van der Waals surface area (Å²) in [4.78, 5) is 37.1. The number of hydrogen-bond donors (Lipinski definition) is 1. The summed E-state index contributed by atoms with van der Waals surface area (Å²) in [5.74, 6) is 0.398. The number of imidazole rings is 2. The average Bonchev–Trinajstić information content (AvgIpc) is 4.06. The van der Waals surface area contributed by atoms with Gasteiger partial charge in [-0.3, -0.25) is 19.6 Å². The van der Waals surface area contributed by atoms with Gasteiger partial charge in [0.05, 0.1) is 54.2 Å². The number of nitriles is 1. The van der Waals surface area contributed by atoms with E-state index in [1.54, 1.807) is 67.7 Å². The van der Waals surface area contributed by atoms with Crippen LogP contribution in [0, 0.1) is 11.3 Å². The van der Waals surface area contributed by atoms with Gasteiger partial charge in [-0.15, -0.1) is 0 Å². The molecule has 8 rings (SSSR count). The van der Waals surface area contributed by atoms with Gasteiger partial charge < -0.3 is 14.2 Å². The molecule has 0 aliphatic carbocycles. The molecule has 4 heterocycles. The van der Waals surface area contributed by atoms with E-state index in [1.165, 1.54) is 0 Å². The van der Waals surface area contributed by atoms with E-state index in [1.807, 2.05) is 48.5 Å². The molecule has 0 unspecified atom stereocenters. The van der Waals surface area contributed by atoms with E-state index in [-0.39, 0.29) is 91.9 Å². The Balaban J connectivity index is 1.23. The summed E-state index contributed by atoms with van der Waals surface area (Å²) in [5, 5.41) is 41.3. The SMILES string of the molecule is N#CCCN(c1nonc1-c1nc2ccccc2n1CC(=O)c1ccc(Cl)cc1)N(CCCO)c1nonc1-c1nc2ccccc2n1CC(=O)c1ccc(Cl)cc1. The number of aliphatic hydroxyl groups excluding tert-OH is 1. The highest BCUT2D eigenvalue weighted by Crippen LogP contribution is 2.36. The quantitative estimate of drug-likeness (QED) is 0.0766. The van der Waals surface area contributed by atoms with Crippen molar-refractivity contribution < 1.29 is 24.0 Å². The van der Waals surface area contributed by atoms with Gasteiger partial charge in [0.1, 0.15) is 0 Å². The molecule has 4 aromatic carbocycles. The predicted molar refractivity (Wildman–Crippen MR) is 214 cm³/mol. The number of halogens is 2. The highest BCUT2D eigenvalue weighted by atomic mass is 35.5. The molecule has 0 radical (unpaired) electrons. The van der Waals surface area contributed by atoms with Gasteiger partial charge in [0.25, 0.3) is 0 Å². The van der Waals surface area contributed by atoms with Crippen LogP contribution < -0.4 is 10.0 Å². The minimum atomic E-state index is -0.208. The van der Waals surface area contributed by atoms with Crippen LogP contribution in [-0.4, -0.2) is 76.1 Å². The van der Waals surface area contributed by atoms with Crippen molar-refractivity contribution in [3.05, 3.63) is 118 Å². The van der Waals surface area contributed by atoms with Gasteiger partial charge in [-0.25, -0.2) is 19.2 Å². The first-order chi connectivity index (χ1) is 28.3. The third-order valence-electron chi connectivity index (χ3n) is 9.35. The zero-order valence-corrected chi connectivity index (χ0v) is 32.0. The Labute approximate surface area is 339 Å². The van der Waals surface area contributed by atoms with Gasteiger partial charge in [0, 0.05) is 34.3 Å². The minimum absolute atomic E-state index is 0.00210.